The van der Waals surface area contributed by atoms with Crippen molar-refractivity contribution in [1.29, 1.82) is 0 Å². The molecule has 0 unspecified atom stereocenters. The van der Waals surface area contributed by atoms with E-state index in [0.717, 1.165) is 17.6 Å². The molecule has 124 valence electrons. The number of imidazole rings is 1. The fourth-order valence-electron chi connectivity index (χ4n) is 2.15. The highest BCUT2D eigenvalue weighted by atomic mass is 19.4. The Hall–Kier alpha value is -3.03. The number of alkyl halides is 3. The summed E-state index contributed by atoms with van der Waals surface area (Å²) < 4.78 is 43.5. The molecular formula is C16H12F3N3O2. The Kier molecular flexibility index (Phi) is 4.11. The lowest BCUT2D eigenvalue weighted by Crippen LogP contribution is -2.21. The van der Waals surface area contributed by atoms with Crippen molar-refractivity contribution in [2.45, 2.75) is 6.18 Å². The number of hydrogen-bond acceptors (Lipinski definition) is 3. The van der Waals surface area contributed by atoms with Crippen LogP contribution in [0.4, 0.5) is 19.1 Å². The van der Waals surface area contributed by atoms with E-state index in [9.17, 15) is 18.0 Å². The molecule has 3 rings (SSSR count). The van der Waals surface area contributed by atoms with Crippen molar-refractivity contribution in [3.05, 3.63) is 54.1 Å². The number of nitrogens with one attached hydrogen (secondary N) is 2. The van der Waals surface area contributed by atoms with Gasteiger partial charge in [0, 0.05) is 0 Å². The number of rotatable bonds is 4. The zero-order valence-corrected chi connectivity index (χ0v) is 12.2. The molecule has 5 nitrogen and oxygen atoms in total. The van der Waals surface area contributed by atoms with Gasteiger partial charge in [0.05, 0.1) is 16.6 Å². The average Bonchev–Trinajstić information content (AvgIpc) is 2.94. The number of aromatic amines is 1. The highest BCUT2D eigenvalue weighted by Crippen LogP contribution is 2.35. The van der Waals surface area contributed by atoms with Crippen molar-refractivity contribution in [2.75, 3.05) is 11.9 Å². The van der Waals surface area contributed by atoms with Gasteiger partial charge in [-0.3, -0.25) is 10.1 Å². The van der Waals surface area contributed by atoms with Crippen LogP contribution in [-0.4, -0.2) is 22.5 Å². The number of fused-ring (bicyclic) bond motifs is 1. The molecule has 1 amide bonds. The molecule has 8 heteroatoms. The molecule has 2 aromatic carbocycles. The van der Waals surface area contributed by atoms with Crippen LogP contribution in [0.1, 0.15) is 5.56 Å². The summed E-state index contributed by atoms with van der Waals surface area (Å²) in [6.07, 6.45) is -4.55. The summed E-state index contributed by atoms with van der Waals surface area (Å²) in [5, 5.41) is 2.45. The minimum atomic E-state index is -4.55. The van der Waals surface area contributed by atoms with Crippen molar-refractivity contribution < 1.29 is 22.7 Å². The summed E-state index contributed by atoms with van der Waals surface area (Å²) in [7, 11) is 0. The van der Waals surface area contributed by atoms with E-state index in [2.05, 4.69) is 15.3 Å². The Morgan fingerprint density at radius 1 is 1.12 bits per heavy atom. The molecule has 0 aliphatic rings. The number of H-pyrrole nitrogens is 1. The number of amides is 1. The summed E-state index contributed by atoms with van der Waals surface area (Å²) >= 11 is 0. The smallest absolute Gasteiger partial charge is 0.419 e. The molecule has 0 fully saturated rings. The van der Waals surface area contributed by atoms with Gasteiger partial charge in [-0.15, -0.1) is 0 Å². The van der Waals surface area contributed by atoms with Crippen molar-refractivity contribution in [1.82, 2.24) is 9.97 Å². The second kappa shape index (κ2) is 6.23. The van der Waals surface area contributed by atoms with Gasteiger partial charge in [-0.1, -0.05) is 24.3 Å². The molecule has 1 heterocycles. The first-order valence-electron chi connectivity index (χ1n) is 6.97. The number of ether oxygens (including phenoxy) is 1. The third kappa shape index (κ3) is 3.48. The van der Waals surface area contributed by atoms with E-state index in [4.69, 9.17) is 4.74 Å². The summed E-state index contributed by atoms with van der Waals surface area (Å²) in [6, 6.07) is 11.9. The normalized spacial score (nSPS) is 11.5. The van der Waals surface area contributed by atoms with Gasteiger partial charge < -0.3 is 9.72 Å². The number of para-hydroxylation sites is 3. The first kappa shape index (κ1) is 15.9. The lowest BCUT2D eigenvalue weighted by molar-refractivity contribution is -0.139. The summed E-state index contributed by atoms with van der Waals surface area (Å²) in [6.45, 7) is -0.565. The van der Waals surface area contributed by atoms with Gasteiger partial charge in [0.2, 0.25) is 5.95 Å². The van der Waals surface area contributed by atoms with Crippen LogP contribution in [0.3, 0.4) is 0 Å². The quantitative estimate of drug-likeness (QED) is 0.765. The van der Waals surface area contributed by atoms with Crippen LogP contribution in [0.5, 0.6) is 5.75 Å². The zero-order valence-electron chi connectivity index (χ0n) is 12.2. The van der Waals surface area contributed by atoms with E-state index in [0.29, 0.717) is 5.52 Å². The molecule has 0 atom stereocenters. The number of nitrogens with zero attached hydrogens (tertiary/aromatic N) is 1. The Morgan fingerprint density at radius 3 is 2.58 bits per heavy atom. The van der Waals surface area contributed by atoms with Crippen LogP contribution in [0, 0.1) is 0 Å². The fraction of sp³-hybridized carbons (Fsp3) is 0.125. The predicted octanol–water partition coefficient (Wildman–Crippen LogP) is 3.60. The average molecular weight is 335 g/mol. The largest absolute Gasteiger partial charge is 0.483 e. The molecule has 2 N–H and O–H groups in total. The predicted molar refractivity (Wildman–Crippen MR) is 81.7 cm³/mol. The molecule has 0 radical (unpaired) electrons. The minimum absolute atomic E-state index is 0.203. The standard InChI is InChI=1S/C16H12F3N3O2/c17-16(18,19)10-5-1-4-8-13(10)24-9-14(23)22-15-20-11-6-2-3-7-12(11)21-15/h1-8H,9H2,(H2,20,21,22,23). The highest BCUT2D eigenvalue weighted by Gasteiger charge is 2.34. The van der Waals surface area contributed by atoms with Gasteiger partial charge in [0.25, 0.3) is 5.91 Å². The van der Waals surface area contributed by atoms with E-state index in [1.54, 1.807) is 18.2 Å². The second-order valence-electron chi connectivity index (χ2n) is 4.93. The minimum Gasteiger partial charge on any atom is -0.483 e. The number of hydrogen-bond donors (Lipinski definition) is 2. The van der Waals surface area contributed by atoms with E-state index in [-0.39, 0.29) is 5.95 Å². The van der Waals surface area contributed by atoms with Gasteiger partial charge in [-0.25, -0.2) is 4.98 Å². The number of halogens is 3. The summed E-state index contributed by atoms with van der Waals surface area (Å²) in [5.41, 5.74) is 0.466. The van der Waals surface area contributed by atoms with Crippen molar-refractivity contribution >= 4 is 22.9 Å². The van der Waals surface area contributed by atoms with Crippen molar-refractivity contribution in [3.63, 3.8) is 0 Å². The van der Waals surface area contributed by atoms with E-state index in [1.807, 2.05) is 6.07 Å². The number of benzene rings is 2. The summed E-state index contributed by atoms with van der Waals surface area (Å²) in [5.74, 6) is -0.815. The van der Waals surface area contributed by atoms with Gasteiger partial charge in [-0.05, 0) is 24.3 Å². The topological polar surface area (TPSA) is 67.0 Å². The maximum absolute atomic E-state index is 12.8. The number of carbonyl (C=O) groups excluding carboxylic acids is 1. The first-order chi connectivity index (χ1) is 11.4. The van der Waals surface area contributed by atoms with E-state index < -0.39 is 30.0 Å². The maximum Gasteiger partial charge on any atom is 0.419 e. The van der Waals surface area contributed by atoms with Crippen LogP contribution in [-0.2, 0) is 11.0 Å². The van der Waals surface area contributed by atoms with Gasteiger partial charge in [-0.2, -0.15) is 13.2 Å². The third-order valence-electron chi connectivity index (χ3n) is 3.20. The lowest BCUT2D eigenvalue weighted by atomic mass is 10.2. The van der Waals surface area contributed by atoms with Gasteiger partial charge in [0.1, 0.15) is 5.75 Å². The Bertz CT molecular complexity index is 841. The molecule has 0 saturated heterocycles. The fourth-order valence-corrected chi connectivity index (χ4v) is 2.15. The number of anilines is 1. The molecule has 3 aromatic rings. The molecule has 0 aliphatic carbocycles. The third-order valence-corrected chi connectivity index (χ3v) is 3.20. The first-order valence-corrected chi connectivity index (χ1v) is 6.97. The van der Waals surface area contributed by atoms with Gasteiger partial charge in [0.15, 0.2) is 6.61 Å². The molecule has 1 aromatic heterocycles. The molecule has 0 bridgehead atoms. The molecule has 0 saturated carbocycles. The van der Waals surface area contributed by atoms with Crippen LogP contribution in [0.15, 0.2) is 48.5 Å². The molecule has 0 spiro atoms. The SMILES string of the molecule is O=C(COc1ccccc1C(F)(F)F)Nc1nc2ccccc2[nH]1. The number of aromatic nitrogens is 2. The Morgan fingerprint density at radius 2 is 1.83 bits per heavy atom. The summed E-state index contributed by atoms with van der Waals surface area (Å²) in [4.78, 5) is 18.9. The van der Waals surface area contributed by atoms with Crippen molar-refractivity contribution in [3.8, 4) is 5.75 Å². The Labute approximate surface area is 134 Å². The molecule has 24 heavy (non-hydrogen) atoms. The molecular weight excluding hydrogens is 323 g/mol. The maximum atomic E-state index is 12.8. The van der Waals surface area contributed by atoms with E-state index in [1.165, 1.54) is 12.1 Å². The van der Waals surface area contributed by atoms with E-state index >= 15 is 0 Å². The van der Waals surface area contributed by atoms with Crippen LogP contribution in [0.25, 0.3) is 11.0 Å². The van der Waals surface area contributed by atoms with Crippen LogP contribution in [0.2, 0.25) is 0 Å². The van der Waals surface area contributed by atoms with Crippen molar-refractivity contribution in [2.24, 2.45) is 0 Å². The highest BCUT2D eigenvalue weighted by molar-refractivity contribution is 5.92. The van der Waals surface area contributed by atoms with Crippen LogP contribution < -0.4 is 10.1 Å². The molecule has 0 aliphatic heterocycles. The monoisotopic (exact) mass is 335 g/mol. The Balaban J connectivity index is 1.66. The zero-order chi connectivity index (χ0) is 17.2. The second-order valence-corrected chi connectivity index (χ2v) is 4.93. The lowest BCUT2D eigenvalue weighted by Gasteiger charge is -2.13. The van der Waals surface area contributed by atoms with Gasteiger partial charge >= 0.3 is 6.18 Å². The van der Waals surface area contributed by atoms with Crippen LogP contribution >= 0.6 is 0 Å². The number of carbonyl (C=O) groups is 1.